The maximum Gasteiger partial charge on any atom is 0.451 e. The Kier molecular flexibility index (Phi) is 6.48. The third-order valence-corrected chi connectivity index (χ3v) is 5.96. The zero-order valence-corrected chi connectivity index (χ0v) is 21.2. The van der Waals surface area contributed by atoms with E-state index in [0.717, 1.165) is 12.4 Å². The first kappa shape index (κ1) is 26.4. The quantitative estimate of drug-likeness (QED) is 0.374. The Morgan fingerprint density at radius 3 is 2.52 bits per heavy atom. The fraction of sp³-hybridized carbons (Fsp3) is 0.261. The van der Waals surface area contributed by atoms with Gasteiger partial charge in [0.15, 0.2) is 17.5 Å². The molecule has 14 nitrogen and oxygen atoms in total. The number of amides is 3. The van der Waals surface area contributed by atoms with Crippen molar-refractivity contribution in [3.8, 4) is 11.3 Å². The minimum absolute atomic E-state index is 0.0376. The van der Waals surface area contributed by atoms with Crippen molar-refractivity contribution in [2.45, 2.75) is 32.6 Å². The van der Waals surface area contributed by atoms with E-state index in [1.165, 1.54) is 35.6 Å². The first-order chi connectivity index (χ1) is 18.9. The summed E-state index contributed by atoms with van der Waals surface area (Å²) >= 11 is 0. The smallest absolute Gasteiger partial charge is 0.337 e. The van der Waals surface area contributed by atoms with Crippen LogP contribution in [0.2, 0.25) is 0 Å². The molecule has 206 valence electrons. The molecule has 0 radical (unpaired) electrons. The minimum atomic E-state index is -4.68. The lowest BCUT2D eigenvalue weighted by atomic mass is 10.2. The normalized spacial score (nSPS) is 14.3. The molecule has 3 amide bonds. The highest BCUT2D eigenvalue weighted by Crippen LogP contribution is 2.36. The maximum absolute atomic E-state index is 13.2. The molecule has 1 aliphatic heterocycles. The molecule has 0 saturated carbocycles. The van der Waals surface area contributed by atoms with E-state index in [0.29, 0.717) is 17.3 Å². The number of fused-ring (bicyclic) bond motifs is 1. The van der Waals surface area contributed by atoms with Crippen molar-refractivity contribution in [2.24, 2.45) is 0 Å². The largest absolute Gasteiger partial charge is 0.451 e. The van der Waals surface area contributed by atoms with Gasteiger partial charge in [0, 0.05) is 25.0 Å². The molecule has 1 N–H and O–H groups in total. The zero-order chi connectivity index (χ0) is 28.8. The predicted molar refractivity (Wildman–Crippen MR) is 131 cm³/mol. The van der Waals surface area contributed by atoms with Crippen LogP contribution >= 0.6 is 0 Å². The maximum atomic E-state index is 13.2. The van der Waals surface area contributed by atoms with Crippen molar-refractivity contribution >= 4 is 29.3 Å². The van der Waals surface area contributed by atoms with Gasteiger partial charge in [-0.15, -0.1) is 0 Å². The molecule has 0 aromatic carbocycles. The Hall–Kier alpha value is -5.22. The number of imidazole rings is 1. The number of carbonyl (C=O) groups excluding carboxylic acids is 2. The number of urea groups is 1. The van der Waals surface area contributed by atoms with Crippen LogP contribution in [0.25, 0.3) is 17.0 Å². The second-order valence-corrected chi connectivity index (χ2v) is 8.68. The number of anilines is 2. The van der Waals surface area contributed by atoms with Gasteiger partial charge in [0.2, 0.25) is 17.6 Å². The van der Waals surface area contributed by atoms with Crippen molar-refractivity contribution < 1.29 is 27.3 Å². The van der Waals surface area contributed by atoms with Crippen molar-refractivity contribution in [2.75, 3.05) is 17.3 Å². The van der Waals surface area contributed by atoms with Gasteiger partial charge in [0.05, 0.1) is 30.1 Å². The van der Waals surface area contributed by atoms with E-state index in [-0.39, 0.29) is 35.2 Å². The van der Waals surface area contributed by atoms with Gasteiger partial charge >= 0.3 is 12.2 Å². The number of hydrogen-bond donors (Lipinski definition) is 1. The number of nitrogens with zero attached hydrogens (tertiary/aromatic N) is 10. The monoisotopic (exact) mass is 555 g/mol. The van der Waals surface area contributed by atoms with Crippen LogP contribution in [0.15, 0.2) is 42.2 Å². The molecule has 5 rings (SSSR count). The van der Waals surface area contributed by atoms with E-state index < -0.39 is 30.0 Å². The van der Waals surface area contributed by atoms with Gasteiger partial charge in [-0.05, 0) is 13.8 Å². The highest BCUT2D eigenvalue weighted by atomic mass is 19.4. The number of hydrogen-bond acceptors (Lipinski definition) is 10. The van der Waals surface area contributed by atoms with Crippen LogP contribution in [0.1, 0.15) is 36.2 Å². The van der Waals surface area contributed by atoms with E-state index in [2.05, 4.69) is 47.0 Å². The van der Waals surface area contributed by atoms with Crippen molar-refractivity contribution in [3.63, 3.8) is 0 Å². The topological polar surface area (TPSA) is 161 Å². The lowest BCUT2D eigenvalue weighted by Gasteiger charge is -2.34. The molecule has 17 heteroatoms. The van der Waals surface area contributed by atoms with Gasteiger partial charge in [0.1, 0.15) is 18.3 Å². The summed E-state index contributed by atoms with van der Waals surface area (Å²) in [5.74, 6) is -0.836. The van der Waals surface area contributed by atoms with E-state index in [9.17, 15) is 22.8 Å². The molecule has 0 saturated heterocycles. The summed E-state index contributed by atoms with van der Waals surface area (Å²) in [6.45, 7) is 7.26. The third-order valence-electron chi connectivity index (χ3n) is 5.96. The van der Waals surface area contributed by atoms with E-state index in [4.69, 9.17) is 4.52 Å². The van der Waals surface area contributed by atoms with Gasteiger partial charge in [-0.2, -0.15) is 18.2 Å². The Balaban J connectivity index is 1.36. The average Bonchev–Trinajstić information content (AvgIpc) is 3.55. The highest BCUT2D eigenvalue weighted by Gasteiger charge is 2.37. The first-order valence-corrected chi connectivity index (χ1v) is 11.6. The summed E-state index contributed by atoms with van der Waals surface area (Å²) in [6, 6.07) is -1.28. The Morgan fingerprint density at radius 2 is 1.88 bits per heavy atom. The molecule has 4 aromatic rings. The van der Waals surface area contributed by atoms with Crippen LogP contribution in [0.3, 0.4) is 0 Å². The predicted octanol–water partition coefficient (Wildman–Crippen LogP) is 3.08. The Labute approximate surface area is 223 Å². The highest BCUT2D eigenvalue weighted by molar-refractivity contribution is 6.02. The van der Waals surface area contributed by atoms with Crippen molar-refractivity contribution in [3.05, 3.63) is 60.9 Å². The minimum Gasteiger partial charge on any atom is -0.337 e. The van der Waals surface area contributed by atoms with E-state index in [1.807, 2.05) is 0 Å². The summed E-state index contributed by atoms with van der Waals surface area (Å²) in [5.41, 5.74) is 1.02. The molecule has 0 bridgehead atoms. The fourth-order valence-electron chi connectivity index (χ4n) is 3.91. The molecule has 0 unspecified atom stereocenters. The van der Waals surface area contributed by atoms with Gasteiger partial charge < -0.3 is 14.4 Å². The molecule has 40 heavy (non-hydrogen) atoms. The summed E-state index contributed by atoms with van der Waals surface area (Å²) in [5, 5.41) is 6.36. The Morgan fingerprint density at radius 1 is 1.15 bits per heavy atom. The van der Waals surface area contributed by atoms with Crippen LogP contribution in [-0.4, -0.2) is 63.5 Å². The summed E-state index contributed by atoms with van der Waals surface area (Å²) < 4.78 is 45.0. The number of alkyl halides is 3. The third kappa shape index (κ3) is 4.83. The second-order valence-electron chi connectivity index (χ2n) is 8.68. The molecule has 1 atom stereocenters. The van der Waals surface area contributed by atoms with Crippen LogP contribution < -0.4 is 10.2 Å². The first-order valence-electron chi connectivity index (χ1n) is 11.6. The van der Waals surface area contributed by atoms with Gasteiger partial charge in [-0.1, -0.05) is 11.7 Å². The van der Waals surface area contributed by atoms with Gasteiger partial charge in [0.25, 0.3) is 0 Å². The molecule has 0 spiro atoms. The summed E-state index contributed by atoms with van der Waals surface area (Å²) in [6.07, 6.45) is 1.24. The number of nitrogens with one attached hydrogen (secondary N) is 1. The molecule has 4 aromatic heterocycles. The molecule has 0 fully saturated rings. The fourth-order valence-corrected chi connectivity index (χ4v) is 3.91. The average molecular weight is 555 g/mol. The number of rotatable bonds is 6. The molecule has 1 aliphatic rings. The number of halogens is 3. The van der Waals surface area contributed by atoms with Gasteiger partial charge in [-0.3, -0.25) is 19.6 Å². The number of aromatic nitrogens is 8. The zero-order valence-electron chi connectivity index (χ0n) is 21.2. The van der Waals surface area contributed by atoms with E-state index >= 15 is 0 Å². The number of aryl methyl sites for hydroxylation is 1. The summed E-state index contributed by atoms with van der Waals surface area (Å²) in [4.78, 5) is 52.1. The van der Waals surface area contributed by atoms with Gasteiger partial charge in [-0.25, -0.2) is 24.7 Å². The Bertz CT molecular complexity index is 1610. The molecule has 5 heterocycles. The second kappa shape index (κ2) is 9.83. The SMILES string of the molecule is C=C1c2c(ncn2[C@@H](C)C(=O)Nc2cncc(-c3cnc(C(F)(F)F)nc3)n2)N(C)C(=O)N1Cc1nc(C)no1. The van der Waals surface area contributed by atoms with Crippen molar-refractivity contribution in [1.82, 2.24) is 44.5 Å². The summed E-state index contributed by atoms with van der Waals surface area (Å²) in [7, 11) is 1.54. The lowest BCUT2D eigenvalue weighted by molar-refractivity contribution is -0.145. The molecular weight excluding hydrogens is 535 g/mol. The number of carbonyl (C=O) groups is 2. The van der Waals surface area contributed by atoms with E-state index in [1.54, 1.807) is 18.4 Å². The lowest BCUT2D eigenvalue weighted by Crippen LogP contribution is -2.44. The molecular formula is C23H20F3N11O3. The standard InChI is InChI=1S/C23H20F3N11O3/c1-11-18-19(35(4)22(39)36(11)9-17-31-13(3)34-40-17)30-10-37(18)12(2)20(38)33-16-8-27-7-15(32-16)14-5-28-21(29-6-14)23(24,25)26/h5-8,10,12H,1,9H2,2-4H3,(H,32,33,38)/t12-/m0/s1. The van der Waals surface area contributed by atoms with Crippen LogP contribution in [-0.2, 0) is 17.5 Å². The van der Waals surface area contributed by atoms with Crippen LogP contribution in [0, 0.1) is 6.92 Å². The molecule has 0 aliphatic carbocycles. The van der Waals surface area contributed by atoms with Crippen LogP contribution in [0.4, 0.5) is 29.6 Å². The van der Waals surface area contributed by atoms with Crippen molar-refractivity contribution in [1.29, 1.82) is 0 Å². The van der Waals surface area contributed by atoms with Crippen LogP contribution in [0.5, 0.6) is 0 Å².